The van der Waals surface area contributed by atoms with E-state index in [4.69, 9.17) is 5.73 Å². The van der Waals surface area contributed by atoms with Crippen LogP contribution in [0, 0.1) is 5.92 Å². The topological polar surface area (TPSA) is 115 Å². The molecule has 2 heterocycles. The molecule has 1 atom stereocenters. The maximum absolute atomic E-state index is 11.8. The van der Waals surface area contributed by atoms with Crippen molar-refractivity contribution in [3.63, 3.8) is 0 Å². The molecule has 122 valence electrons. The first-order valence-corrected chi connectivity index (χ1v) is 7.26. The Kier molecular flexibility index (Phi) is 5.42. The van der Waals surface area contributed by atoms with Gasteiger partial charge in [0.1, 0.15) is 0 Å². The smallest absolute Gasteiger partial charge is 0.243 e. The number of nitrogens with zero attached hydrogens (tertiary/aromatic N) is 3. The summed E-state index contributed by atoms with van der Waals surface area (Å²) in [5, 5.41) is 9.22. The molecule has 0 aliphatic heterocycles. The Labute approximate surface area is 134 Å². The summed E-state index contributed by atoms with van der Waals surface area (Å²) in [5.41, 5.74) is 6.24. The summed E-state index contributed by atoms with van der Waals surface area (Å²) in [6.07, 6.45) is 4.95. The van der Waals surface area contributed by atoms with Crippen LogP contribution in [0.15, 0.2) is 36.8 Å². The van der Waals surface area contributed by atoms with Gasteiger partial charge in [-0.15, -0.1) is 0 Å². The fourth-order valence-electron chi connectivity index (χ4n) is 1.79. The van der Waals surface area contributed by atoms with Crippen molar-refractivity contribution in [2.75, 3.05) is 11.9 Å². The van der Waals surface area contributed by atoms with Gasteiger partial charge in [0.15, 0.2) is 5.82 Å². The number of nitrogens with one attached hydrogen (secondary N) is 2. The molecule has 0 radical (unpaired) electrons. The standard InChI is InChI=1S/C15H20N6O2/c1-10(2)14(16)15(23)18-9-13(22)20-11-4-5-12(17-8-11)21-7-3-6-19-21/h3-8,10,14H,9,16H2,1-2H3,(H,18,23)(H,20,22)/t14-/m0/s1. The lowest BCUT2D eigenvalue weighted by molar-refractivity contribution is -0.125. The van der Waals surface area contributed by atoms with E-state index in [9.17, 15) is 9.59 Å². The van der Waals surface area contributed by atoms with Crippen LogP contribution < -0.4 is 16.4 Å². The molecule has 23 heavy (non-hydrogen) atoms. The third-order valence-electron chi connectivity index (χ3n) is 3.21. The summed E-state index contributed by atoms with van der Waals surface area (Å²) >= 11 is 0. The van der Waals surface area contributed by atoms with Gasteiger partial charge in [-0.25, -0.2) is 9.67 Å². The highest BCUT2D eigenvalue weighted by molar-refractivity contribution is 5.95. The Hall–Kier alpha value is -2.74. The Bertz CT molecular complexity index is 651. The molecular formula is C15H20N6O2. The molecule has 0 saturated carbocycles. The molecule has 4 N–H and O–H groups in total. The molecule has 2 aromatic heterocycles. The van der Waals surface area contributed by atoms with Gasteiger partial charge in [0.25, 0.3) is 0 Å². The quantitative estimate of drug-likeness (QED) is 0.709. The van der Waals surface area contributed by atoms with Gasteiger partial charge in [-0.05, 0) is 24.1 Å². The molecule has 0 aliphatic carbocycles. The highest BCUT2D eigenvalue weighted by Crippen LogP contribution is 2.08. The van der Waals surface area contributed by atoms with Crippen LogP contribution in [0.4, 0.5) is 5.69 Å². The number of rotatable bonds is 6. The van der Waals surface area contributed by atoms with E-state index >= 15 is 0 Å². The van der Waals surface area contributed by atoms with Crippen LogP contribution in [0.3, 0.4) is 0 Å². The van der Waals surface area contributed by atoms with Crippen molar-refractivity contribution in [3.05, 3.63) is 36.8 Å². The summed E-state index contributed by atoms with van der Waals surface area (Å²) in [7, 11) is 0. The number of anilines is 1. The maximum Gasteiger partial charge on any atom is 0.243 e. The molecule has 0 unspecified atom stereocenters. The first kappa shape index (κ1) is 16.6. The molecule has 0 spiro atoms. The number of hydrogen-bond acceptors (Lipinski definition) is 5. The van der Waals surface area contributed by atoms with Gasteiger partial charge in [-0.2, -0.15) is 5.10 Å². The van der Waals surface area contributed by atoms with Crippen LogP contribution in [0.5, 0.6) is 0 Å². The summed E-state index contributed by atoms with van der Waals surface area (Å²) in [6.45, 7) is 3.55. The molecule has 2 aromatic rings. The SMILES string of the molecule is CC(C)[C@H](N)C(=O)NCC(=O)Nc1ccc(-n2cccn2)nc1. The second kappa shape index (κ2) is 7.50. The molecule has 2 amide bonds. The molecule has 2 rings (SSSR count). The first-order valence-electron chi connectivity index (χ1n) is 7.26. The van der Waals surface area contributed by atoms with Crippen molar-refractivity contribution in [2.45, 2.75) is 19.9 Å². The fraction of sp³-hybridized carbons (Fsp3) is 0.333. The average Bonchev–Trinajstić information content (AvgIpc) is 3.07. The van der Waals surface area contributed by atoms with Gasteiger partial charge in [0, 0.05) is 12.4 Å². The summed E-state index contributed by atoms with van der Waals surface area (Å²) in [5.74, 6) is -0.0356. The van der Waals surface area contributed by atoms with Crippen molar-refractivity contribution in [1.29, 1.82) is 0 Å². The number of amides is 2. The predicted octanol–water partition coefficient (Wildman–Crippen LogP) is 0.305. The Morgan fingerprint density at radius 2 is 2.13 bits per heavy atom. The van der Waals surface area contributed by atoms with Crippen LogP contribution in [0.2, 0.25) is 0 Å². The van der Waals surface area contributed by atoms with Gasteiger partial charge in [-0.1, -0.05) is 13.8 Å². The number of carbonyl (C=O) groups excluding carboxylic acids is 2. The minimum atomic E-state index is -0.627. The van der Waals surface area contributed by atoms with Crippen LogP contribution in [0.1, 0.15) is 13.8 Å². The zero-order valence-corrected chi connectivity index (χ0v) is 13.1. The largest absolute Gasteiger partial charge is 0.346 e. The highest BCUT2D eigenvalue weighted by atomic mass is 16.2. The molecule has 8 nitrogen and oxygen atoms in total. The lowest BCUT2D eigenvalue weighted by Crippen LogP contribution is -2.46. The van der Waals surface area contributed by atoms with E-state index in [1.165, 1.54) is 6.20 Å². The minimum absolute atomic E-state index is 0.0112. The van der Waals surface area contributed by atoms with E-state index in [0.717, 1.165) is 0 Å². The third-order valence-corrected chi connectivity index (χ3v) is 3.21. The summed E-state index contributed by atoms with van der Waals surface area (Å²) in [6, 6.07) is 4.61. The van der Waals surface area contributed by atoms with E-state index in [2.05, 4.69) is 20.7 Å². The van der Waals surface area contributed by atoms with Crippen LogP contribution in [0.25, 0.3) is 5.82 Å². The second-order valence-electron chi connectivity index (χ2n) is 5.39. The van der Waals surface area contributed by atoms with Gasteiger partial charge in [0.05, 0.1) is 24.5 Å². The minimum Gasteiger partial charge on any atom is -0.346 e. The van der Waals surface area contributed by atoms with Crippen LogP contribution in [-0.4, -0.2) is 39.2 Å². The summed E-state index contributed by atoms with van der Waals surface area (Å²) in [4.78, 5) is 27.7. The van der Waals surface area contributed by atoms with Crippen LogP contribution in [-0.2, 0) is 9.59 Å². The Balaban J connectivity index is 1.85. The van der Waals surface area contributed by atoms with Crippen molar-refractivity contribution in [3.8, 4) is 5.82 Å². The van der Waals surface area contributed by atoms with Crippen molar-refractivity contribution >= 4 is 17.5 Å². The van der Waals surface area contributed by atoms with Gasteiger partial charge >= 0.3 is 0 Å². The lowest BCUT2D eigenvalue weighted by Gasteiger charge is -2.15. The third kappa shape index (κ3) is 4.62. The number of carbonyl (C=O) groups is 2. The zero-order valence-electron chi connectivity index (χ0n) is 13.1. The van der Waals surface area contributed by atoms with Gasteiger partial charge < -0.3 is 16.4 Å². The number of nitrogens with two attached hydrogens (primary N) is 1. The molecule has 0 saturated heterocycles. The average molecular weight is 316 g/mol. The van der Waals surface area contributed by atoms with E-state index < -0.39 is 6.04 Å². The predicted molar refractivity (Wildman–Crippen MR) is 85.8 cm³/mol. The second-order valence-corrected chi connectivity index (χ2v) is 5.39. The number of aromatic nitrogens is 3. The molecular weight excluding hydrogens is 296 g/mol. The van der Waals surface area contributed by atoms with Crippen LogP contribution >= 0.6 is 0 Å². The van der Waals surface area contributed by atoms with E-state index in [0.29, 0.717) is 11.5 Å². The maximum atomic E-state index is 11.8. The fourth-order valence-corrected chi connectivity index (χ4v) is 1.79. The summed E-state index contributed by atoms with van der Waals surface area (Å²) < 4.78 is 1.61. The Morgan fingerprint density at radius 1 is 1.35 bits per heavy atom. The molecule has 0 aliphatic rings. The van der Waals surface area contributed by atoms with Crippen molar-refractivity contribution in [1.82, 2.24) is 20.1 Å². The molecule has 8 heteroatoms. The van der Waals surface area contributed by atoms with Gasteiger partial charge in [-0.3, -0.25) is 9.59 Å². The molecule has 0 fully saturated rings. The Morgan fingerprint density at radius 3 is 2.70 bits per heavy atom. The van der Waals surface area contributed by atoms with E-state index in [1.54, 1.807) is 35.3 Å². The number of hydrogen-bond donors (Lipinski definition) is 3. The lowest BCUT2D eigenvalue weighted by atomic mass is 10.1. The first-order chi connectivity index (χ1) is 11.0. The number of pyridine rings is 1. The van der Waals surface area contributed by atoms with Crippen molar-refractivity contribution < 1.29 is 9.59 Å². The highest BCUT2D eigenvalue weighted by Gasteiger charge is 2.17. The van der Waals surface area contributed by atoms with Crippen molar-refractivity contribution in [2.24, 2.45) is 11.7 Å². The van der Waals surface area contributed by atoms with E-state index in [1.807, 2.05) is 13.8 Å². The monoisotopic (exact) mass is 316 g/mol. The van der Waals surface area contributed by atoms with E-state index in [-0.39, 0.29) is 24.3 Å². The zero-order chi connectivity index (χ0) is 16.8. The normalized spacial score (nSPS) is 12.0. The molecule has 0 bridgehead atoms. The molecule has 0 aromatic carbocycles. The van der Waals surface area contributed by atoms with Gasteiger partial charge in [0.2, 0.25) is 11.8 Å².